The molecular weight excluding hydrogens is 332 g/mol. The minimum Gasteiger partial charge on any atom is -0.496 e. The molecule has 0 atom stereocenters. The molecule has 1 aromatic rings. The van der Waals surface area contributed by atoms with Crippen LogP contribution in [0.3, 0.4) is 0 Å². The number of carbonyl (C=O) groups excluding carboxylic acids is 1. The summed E-state index contributed by atoms with van der Waals surface area (Å²) >= 11 is 5.57. The van der Waals surface area contributed by atoms with Gasteiger partial charge in [-0.15, -0.1) is 11.6 Å². The SMILES string of the molecule is CCS(=O)(=O)c1cc(C(=O)OC)c(OC)cc1N=C(N)CCl. The number of methoxy groups -OCH3 is 2. The molecule has 0 aromatic heterocycles. The zero-order valence-electron chi connectivity index (χ0n) is 12.4. The molecule has 0 bridgehead atoms. The number of halogens is 1. The van der Waals surface area contributed by atoms with E-state index in [1.807, 2.05) is 0 Å². The van der Waals surface area contributed by atoms with E-state index in [2.05, 4.69) is 9.73 Å². The van der Waals surface area contributed by atoms with Gasteiger partial charge in [-0.1, -0.05) is 6.92 Å². The fourth-order valence-corrected chi connectivity index (χ4v) is 2.76. The Bertz CT molecular complexity index is 701. The maximum atomic E-state index is 12.2. The van der Waals surface area contributed by atoms with E-state index in [1.54, 1.807) is 0 Å². The van der Waals surface area contributed by atoms with Crippen molar-refractivity contribution < 1.29 is 22.7 Å². The second-order valence-electron chi connectivity index (χ2n) is 4.15. The van der Waals surface area contributed by atoms with Gasteiger partial charge in [0, 0.05) is 6.07 Å². The predicted octanol–water partition coefficient (Wildman–Crippen LogP) is 1.50. The fraction of sp³-hybridized carbons (Fsp3) is 0.385. The largest absolute Gasteiger partial charge is 0.496 e. The van der Waals surface area contributed by atoms with Gasteiger partial charge in [0.1, 0.15) is 17.1 Å². The van der Waals surface area contributed by atoms with Crippen molar-refractivity contribution in [1.29, 1.82) is 0 Å². The Labute approximate surface area is 134 Å². The summed E-state index contributed by atoms with van der Waals surface area (Å²) in [6, 6.07) is 2.48. The zero-order chi connectivity index (χ0) is 16.9. The number of alkyl halides is 1. The van der Waals surface area contributed by atoms with E-state index in [0.29, 0.717) is 0 Å². The monoisotopic (exact) mass is 348 g/mol. The summed E-state index contributed by atoms with van der Waals surface area (Å²) in [5.74, 6) is -0.772. The van der Waals surface area contributed by atoms with Gasteiger partial charge in [0.2, 0.25) is 0 Å². The van der Waals surface area contributed by atoms with Crippen LogP contribution in [0.5, 0.6) is 5.75 Å². The van der Waals surface area contributed by atoms with Crippen molar-refractivity contribution in [3.63, 3.8) is 0 Å². The van der Waals surface area contributed by atoms with Crippen LogP contribution in [-0.2, 0) is 14.6 Å². The Morgan fingerprint density at radius 2 is 2.00 bits per heavy atom. The standard InChI is InChI=1S/C13H17ClN2O5S/c1-4-22(18,19)11-5-8(13(17)21-3)10(20-2)6-9(11)16-12(15)7-14/h5-6H,4,7H2,1-3H3,(H2,15,16). The molecule has 0 spiro atoms. The highest BCUT2D eigenvalue weighted by molar-refractivity contribution is 7.91. The smallest absolute Gasteiger partial charge is 0.341 e. The number of ether oxygens (including phenoxy) is 2. The minimum atomic E-state index is -3.64. The summed E-state index contributed by atoms with van der Waals surface area (Å²) in [6.07, 6.45) is 0. The number of nitrogens with zero attached hydrogens (tertiary/aromatic N) is 1. The first-order valence-corrected chi connectivity index (χ1v) is 8.41. The third kappa shape index (κ3) is 3.89. The first-order valence-electron chi connectivity index (χ1n) is 6.22. The number of carbonyl (C=O) groups is 1. The van der Waals surface area contributed by atoms with Gasteiger partial charge in [0.15, 0.2) is 9.84 Å². The molecule has 22 heavy (non-hydrogen) atoms. The highest BCUT2D eigenvalue weighted by atomic mass is 35.5. The molecule has 0 amide bonds. The number of rotatable bonds is 6. The predicted molar refractivity (Wildman–Crippen MR) is 84.1 cm³/mol. The second kappa shape index (κ2) is 7.46. The molecular formula is C13H17ClN2O5S. The van der Waals surface area contributed by atoms with E-state index in [9.17, 15) is 13.2 Å². The topological polar surface area (TPSA) is 108 Å². The van der Waals surface area contributed by atoms with Crippen molar-refractivity contribution in [2.24, 2.45) is 10.7 Å². The van der Waals surface area contributed by atoms with E-state index in [0.717, 1.165) is 0 Å². The van der Waals surface area contributed by atoms with Crippen LogP contribution in [-0.4, -0.2) is 46.1 Å². The van der Waals surface area contributed by atoms with Crippen LogP contribution in [0, 0.1) is 0 Å². The first-order chi connectivity index (χ1) is 10.3. The maximum Gasteiger partial charge on any atom is 0.341 e. The molecule has 0 saturated heterocycles. The van der Waals surface area contributed by atoms with Crippen LogP contribution in [0.4, 0.5) is 5.69 Å². The van der Waals surface area contributed by atoms with Gasteiger partial charge < -0.3 is 15.2 Å². The second-order valence-corrected chi connectivity index (χ2v) is 6.67. The van der Waals surface area contributed by atoms with E-state index >= 15 is 0 Å². The van der Waals surface area contributed by atoms with Crippen molar-refractivity contribution in [2.45, 2.75) is 11.8 Å². The average molecular weight is 349 g/mol. The van der Waals surface area contributed by atoms with Crippen LogP contribution in [0.1, 0.15) is 17.3 Å². The van der Waals surface area contributed by atoms with Crippen LogP contribution in [0.2, 0.25) is 0 Å². The minimum absolute atomic E-state index is 0.0135. The third-order valence-electron chi connectivity index (χ3n) is 2.80. The van der Waals surface area contributed by atoms with Gasteiger partial charge in [-0.3, -0.25) is 0 Å². The fourth-order valence-electron chi connectivity index (χ4n) is 1.66. The van der Waals surface area contributed by atoms with E-state index in [1.165, 1.54) is 33.3 Å². The number of benzene rings is 1. The number of aliphatic imine (C=N–C) groups is 1. The lowest BCUT2D eigenvalue weighted by atomic mass is 10.2. The lowest BCUT2D eigenvalue weighted by Gasteiger charge is -2.12. The Morgan fingerprint density at radius 3 is 2.45 bits per heavy atom. The molecule has 0 aliphatic rings. The lowest BCUT2D eigenvalue weighted by molar-refractivity contribution is 0.0597. The average Bonchev–Trinajstić information content (AvgIpc) is 2.53. The number of sulfone groups is 1. The quantitative estimate of drug-likeness (QED) is 0.361. The molecule has 122 valence electrons. The van der Waals surface area contributed by atoms with Crippen LogP contribution in [0.15, 0.2) is 22.0 Å². The summed E-state index contributed by atoms with van der Waals surface area (Å²) in [5, 5.41) is 0. The normalized spacial score (nSPS) is 12.1. The number of amidine groups is 1. The summed E-state index contributed by atoms with van der Waals surface area (Å²) in [5.41, 5.74) is 5.61. The van der Waals surface area contributed by atoms with Crippen LogP contribution >= 0.6 is 11.6 Å². The van der Waals surface area contributed by atoms with Crippen LogP contribution < -0.4 is 10.5 Å². The molecule has 0 radical (unpaired) electrons. The molecule has 0 heterocycles. The van der Waals surface area contributed by atoms with Gasteiger partial charge in [-0.05, 0) is 6.07 Å². The molecule has 0 aliphatic carbocycles. The highest BCUT2D eigenvalue weighted by Crippen LogP contribution is 2.33. The third-order valence-corrected chi connectivity index (χ3v) is 4.83. The van der Waals surface area contributed by atoms with Crippen molar-refractivity contribution >= 4 is 38.9 Å². The molecule has 2 N–H and O–H groups in total. The van der Waals surface area contributed by atoms with Crippen molar-refractivity contribution in [3.05, 3.63) is 17.7 Å². The van der Waals surface area contributed by atoms with Gasteiger partial charge in [-0.2, -0.15) is 0 Å². The van der Waals surface area contributed by atoms with Gasteiger partial charge in [0.25, 0.3) is 0 Å². The zero-order valence-corrected chi connectivity index (χ0v) is 14.0. The van der Waals surface area contributed by atoms with Crippen molar-refractivity contribution in [1.82, 2.24) is 0 Å². The summed E-state index contributed by atoms with van der Waals surface area (Å²) < 4.78 is 34.2. The van der Waals surface area contributed by atoms with Gasteiger partial charge in [-0.25, -0.2) is 18.2 Å². The first kappa shape index (κ1) is 18.2. The Kier molecular flexibility index (Phi) is 6.19. The summed E-state index contributed by atoms with van der Waals surface area (Å²) in [6.45, 7) is 1.48. The lowest BCUT2D eigenvalue weighted by Crippen LogP contribution is -2.14. The summed E-state index contributed by atoms with van der Waals surface area (Å²) in [4.78, 5) is 15.6. The Balaban J connectivity index is 3.72. The number of esters is 1. The summed E-state index contributed by atoms with van der Waals surface area (Å²) in [7, 11) is -1.11. The van der Waals surface area contributed by atoms with E-state index < -0.39 is 15.8 Å². The Morgan fingerprint density at radius 1 is 1.36 bits per heavy atom. The van der Waals surface area contributed by atoms with Crippen LogP contribution in [0.25, 0.3) is 0 Å². The van der Waals surface area contributed by atoms with Crippen molar-refractivity contribution in [2.75, 3.05) is 25.9 Å². The molecule has 1 rings (SSSR count). The van der Waals surface area contributed by atoms with Gasteiger partial charge in [0.05, 0.1) is 36.4 Å². The van der Waals surface area contributed by atoms with E-state index in [4.69, 9.17) is 22.1 Å². The molecule has 9 heteroatoms. The maximum absolute atomic E-state index is 12.2. The number of nitrogens with two attached hydrogens (primary N) is 1. The van der Waals surface area contributed by atoms with Gasteiger partial charge >= 0.3 is 5.97 Å². The number of hydrogen-bond donors (Lipinski definition) is 1. The number of hydrogen-bond acceptors (Lipinski definition) is 6. The molecule has 0 aliphatic heterocycles. The molecule has 0 unspecified atom stereocenters. The Hall–Kier alpha value is -1.80. The highest BCUT2D eigenvalue weighted by Gasteiger charge is 2.23. The van der Waals surface area contributed by atoms with E-state index in [-0.39, 0.29) is 39.4 Å². The molecule has 0 fully saturated rings. The van der Waals surface area contributed by atoms with Crippen molar-refractivity contribution in [3.8, 4) is 5.75 Å². The molecule has 0 saturated carbocycles. The molecule has 1 aromatic carbocycles. The molecule has 7 nitrogen and oxygen atoms in total.